The second kappa shape index (κ2) is 12.7. The number of aryl methyl sites for hydroxylation is 1. The predicted molar refractivity (Wildman–Crippen MR) is 132 cm³/mol. The Hall–Kier alpha value is -2.71. The van der Waals surface area contributed by atoms with Crippen LogP contribution in [0.3, 0.4) is 0 Å². The molecule has 34 heavy (non-hydrogen) atoms. The van der Waals surface area contributed by atoms with Crippen LogP contribution in [0.25, 0.3) is 0 Å². The zero-order valence-corrected chi connectivity index (χ0v) is 20.6. The lowest BCUT2D eigenvalue weighted by atomic mass is 9.96. The van der Waals surface area contributed by atoms with Crippen LogP contribution in [-0.2, 0) is 30.8 Å². The van der Waals surface area contributed by atoms with E-state index in [4.69, 9.17) is 4.74 Å². The summed E-state index contributed by atoms with van der Waals surface area (Å²) in [4.78, 5) is 24.3. The van der Waals surface area contributed by atoms with Gasteiger partial charge in [-0.25, -0.2) is 8.42 Å². The molecule has 7 nitrogen and oxygen atoms in total. The molecule has 1 aliphatic rings. The van der Waals surface area contributed by atoms with E-state index in [0.29, 0.717) is 12.3 Å². The Morgan fingerprint density at radius 2 is 1.65 bits per heavy atom. The zero-order valence-electron chi connectivity index (χ0n) is 19.7. The molecule has 1 aliphatic carbocycles. The number of nitrogens with one attached hydrogen (secondary N) is 1. The van der Waals surface area contributed by atoms with Crippen LogP contribution in [0.4, 0.5) is 5.69 Å². The molecular weight excluding hydrogens is 452 g/mol. The van der Waals surface area contributed by atoms with E-state index in [0.717, 1.165) is 44.9 Å². The molecule has 0 saturated heterocycles. The Bertz CT molecular complexity index is 1030. The fourth-order valence-corrected chi connectivity index (χ4v) is 5.55. The number of anilines is 1. The topological polar surface area (TPSA) is 92.8 Å². The van der Waals surface area contributed by atoms with E-state index < -0.39 is 16.0 Å². The minimum Gasteiger partial charge on any atom is -0.466 e. The molecule has 1 fully saturated rings. The van der Waals surface area contributed by atoms with E-state index in [1.54, 1.807) is 19.2 Å². The first-order valence-corrected chi connectivity index (χ1v) is 13.4. The van der Waals surface area contributed by atoms with Crippen molar-refractivity contribution in [3.63, 3.8) is 0 Å². The number of rotatable bonds is 11. The Labute approximate surface area is 202 Å². The normalized spacial score (nSPS) is 14.6. The van der Waals surface area contributed by atoms with Gasteiger partial charge >= 0.3 is 5.97 Å². The molecule has 8 heteroatoms. The first kappa shape index (κ1) is 25.9. The average Bonchev–Trinajstić information content (AvgIpc) is 2.86. The van der Waals surface area contributed by atoms with Crippen LogP contribution in [0.2, 0.25) is 0 Å². The Morgan fingerprint density at radius 1 is 0.971 bits per heavy atom. The minimum absolute atomic E-state index is 0.00197. The van der Waals surface area contributed by atoms with Crippen molar-refractivity contribution in [3.8, 4) is 0 Å². The van der Waals surface area contributed by atoms with Crippen LogP contribution in [0, 0.1) is 0 Å². The molecule has 0 bridgehead atoms. The standard InChI is InChI=1S/C26H34N2O5S/c1-28(23-12-6-3-7-13-23)34(31,32)24-16-14-22(15-17-24)27-25(29)18-19-26(30)33-20-8-11-21-9-4-2-5-10-21/h2,4-5,9-10,14-17,23H,3,6-8,11-13,18-20H2,1H3,(H,27,29). The summed E-state index contributed by atoms with van der Waals surface area (Å²) < 4.78 is 32.5. The van der Waals surface area contributed by atoms with Crippen molar-refractivity contribution in [1.82, 2.24) is 4.31 Å². The van der Waals surface area contributed by atoms with E-state index in [2.05, 4.69) is 5.32 Å². The summed E-state index contributed by atoms with van der Waals surface area (Å²) in [5.41, 5.74) is 1.68. The highest BCUT2D eigenvalue weighted by atomic mass is 32.2. The lowest BCUT2D eigenvalue weighted by molar-refractivity contribution is -0.144. The molecule has 0 unspecified atom stereocenters. The molecule has 0 aliphatic heterocycles. The smallest absolute Gasteiger partial charge is 0.306 e. The maximum absolute atomic E-state index is 12.9. The molecule has 1 amide bonds. The summed E-state index contributed by atoms with van der Waals surface area (Å²) in [7, 11) is -1.93. The molecular formula is C26H34N2O5S. The number of benzene rings is 2. The van der Waals surface area contributed by atoms with Gasteiger partial charge in [-0.3, -0.25) is 9.59 Å². The molecule has 184 valence electrons. The molecule has 0 spiro atoms. The third-order valence-corrected chi connectivity index (χ3v) is 8.10. The number of carbonyl (C=O) groups excluding carboxylic acids is 2. The van der Waals surface area contributed by atoms with Gasteiger partial charge < -0.3 is 10.1 Å². The van der Waals surface area contributed by atoms with Crippen LogP contribution < -0.4 is 5.32 Å². The molecule has 0 atom stereocenters. The summed E-state index contributed by atoms with van der Waals surface area (Å²) >= 11 is 0. The number of amides is 1. The Morgan fingerprint density at radius 3 is 2.32 bits per heavy atom. The minimum atomic E-state index is -3.57. The van der Waals surface area contributed by atoms with Gasteiger partial charge in [-0.1, -0.05) is 49.6 Å². The van der Waals surface area contributed by atoms with Crippen molar-refractivity contribution < 1.29 is 22.7 Å². The third-order valence-electron chi connectivity index (χ3n) is 6.18. The van der Waals surface area contributed by atoms with E-state index in [9.17, 15) is 18.0 Å². The molecule has 2 aromatic carbocycles. The third kappa shape index (κ3) is 7.67. The van der Waals surface area contributed by atoms with Gasteiger partial charge in [-0.15, -0.1) is 0 Å². The summed E-state index contributed by atoms with van der Waals surface area (Å²) in [5.74, 6) is -0.730. The Kier molecular flexibility index (Phi) is 9.65. The number of nitrogens with zero attached hydrogens (tertiary/aromatic N) is 1. The van der Waals surface area contributed by atoms with Crippen molar-refractivity contribution in [1.29, 1.82) is 0 Å². The second-order valence-electron chi connectivity index (χ2n) is 8.70. The van der Waals surface area contributed by atoms with Crippen LogP contribution in [0.5, 0.6) is 0 Å². The molecule has 2 aromatic rings. The number of esters is 1. The van der Waals surface area contributed by atoms with E-state index in [1.807, 2.05) is 30.3 Å². The second-order valence-corrected chi connectivity index (χ2v) is 10.7. The van der Waals surface area contributed by atoms with Crippen LogP contribution in [-0.4, -0.2) is 44.3 Å². The molecule has 3 rings (SSSR count). The largest absolute Gasteiger partial charge is 0.466 e. The number of hydrogen-bond acceptors (Lipinski definition) is 5. The van der Waals surface area contributed by atoms with Crippen molar-refractivity contribution in [3.05, 3.63) is 60.2 Å². The van der Waals surface area contributed by atoms with Crippen LogP contribution in [0.15, 0.2) is 59.5 Å². The van der Waals surface area contributed by atoms with Gasteiger partial charge in [-0.2, -0.15) is 4.31 Å². The molecule has 0 aromatic heterocycles. The number of sulfonamides is 1. The fraction of sp³-hybridized carbons (Fsp3) is 0.462. The molecule has 1 saturated carbocycles. The first-order chi connectivity index (χ1) is 16.4. The van der Waals surface area contributed by atoms with Gasteiger partial charge in [0.1, 0.15) is 0 Å². The number of ether oxygens (including phenoxy) is 1. The van der Waals surface area contributed by atoms with Gasteiger partial charge in [-0.05, 0) is 55.5 Å². The van der Waals surface area contributed by atoms with Crippen LogP contribution in [0.1, 0.15) is 56.9 Å². The van der Waals surface area contributed by atoms with Gasteiger partial charge in [0.25, 0.3) is 0 Å². The lowest BCUT2D eigenvalue weighted by Gasteiger charge is -2.30. The average molecular weight is 487 g/mol. The van der Waals surface area contributed by atoms with E-state index in [-0.39, 0.29) is 29.7 Å². The zero-order chi connectivity index (χ0) is 24.4. The van der Waals surface area contributed by atoms with Crippen LogP contribution >= 0.6 is 0 Å². The molecule has 0 radical (unpaired) electrons. The molecule has 1 N–H and O–H groups in total. The highest BCUT2D eigenvalue weighted by molar-refractivity contribution is 7.89. The van der Waals surface area contributed by atoms with Crippen molar-refractivity contribution in [2.45, 2.75) is 68.7 Å². The van der Waals surface area contributed by atoms with Crippen molar-refractivity contribution in [2.24, 2.45) is 0 Å². The quantitative estimate of drug-likeness (QED) is 0.372. The predicted octanol–water partition coefficient (Wildman–Crippen LogP) is 4.53. The van der Waals surface area contributed by atoms with Gasteiger partial charge in [0, 0.05) is 25.2 Å². The van der Waals surface area contributed by atoms with Gasteiger partial charge in [0.2, 0.25) is 15.9 Å². The first-order valence-electron chi connectivity index (χ1n) is 11.9. The van der Waals surface area contributed by atoms with Crippen molar-refractivity contribution >= 4 is 27.6 Å². The summed E-state index contributed by atoms with van der Waals surface area (Å²) in [6, 6.07) is 16.2. The summed E-state index contributed by atoms with van der Waals surface area (Å²) in [6.45, 7) is 0.320. The summed E-state index contributed by atoms with van der Waals surface area (Å²) in [5, 5.41) is 2.70. The van der Waals surface area contributed by atoms with E-state index >= 15 is 0 Å². The molecule has 0 heterocycles. The number of hydrogen-bond donors (Lipinski definition) is 1. The highest BCUT2D eigenvalue weighted by Crippen LogP contribution is 2.27. The lowest BCUT2D eigenvalue weighted by Crippen LogP contribution is -2.38. The monoisotopic (exact) mass is 486 g/mol. The summed E-state index contributed by atoms with van der Waals surface area (Å²) in [6.07, 6.45) is 6.60. The fourth-order valence-electron chi connectivity index (χ4n) is 4.14. The maximum Gasteiger partial charge on any atom is 0.306 e. The SMILES string of the molecule is CN(C1CCCCC1)S(=O)(=O)c1ccc(NC(=O)CCC(=O)OCCCc2ccccc2)cc1. The maximum atomic E-state index is 12.9. The van der Waals surface area contributed by atoms with Gasteiger partial charge in [0.15, 0.2) is 0 Å². The van der Waals surface area contributed by atoms with Crippen molar-refractivity contribution in [2.75, 3.05) is 19.0 Å². The van der Waals surface area contributed by atoms with E-state index in [1.165, 1.54) is 22.0 Å². The Balaban J connectivity index is 1.39. The highest BCUT2D eigenvalue weighted by Gasteiger charge is 2.28. The number of carbonyl (C=O) groups is 2. The van der Waals surface area contributed by atoms with Gasteiger partial charge in [0.05, 0.1) is 17.9 Å².